The number of hydrogen-bond donors (Lipinski definition) is 1. The normalized spacial score (nSPS) is 11.3. The molecule has 0 unspecified atom stereocenters. The summed E-state index contributed by atoms with van der Waals surface area (Å²) in [4.78, 5) is 8.06. The summed E-state index contributed by atoms with van der Waals surface area (Å²) in [5.74, 6) is 0. The summed E-state index contributed by atoms with van der Waals surface area (Å²) in [6, 6.07) is 2.11. The lowest BCUT2D eigenvalue weighted by molar-refractivity contribution is 0.189. The first kappa shape index (κ1) is 14.7. The Kier molecular flexibility index (Phi) is 5.97. The number of thiazole rings is 1. The summed E-state index contributed by atoms with van der Waals surface area (Å²) >= 11 is 3.45. The fraction of sp³-hybridized carbons (Fsp3) is 0.500. The van der Waals surface area contributed by atoms with Crippen molar-refractivity contribution in [1.29, 1.82) is 0 Å². The van der Waals surface area contributed by atoms with Crippen molar-refractivity contribution in [3.05, 3.63) is 27.9 Å². The minimum Gasteiger partial charge on any atom is -0.395 e. The first-order valence-corrected chi connectivity index (χ1v) is 8.40. The van der Waals surface area contributed by atoms with E-state index in [0.717, 1.165) is 24.6 Å². The molecule has 2 heterocycles. The van der Waals surface area contributed by atoms with E-state index in [2.05, 4.69) is 33.6 Å². The Morgan fingerprint density at radius 1 is 1.37 bits per heavy atom. The molecule has 0 aliphatic heterocycles. The maximum Gasteiger partial charge on any atom is 0.124 e. The zero-order chi connectivity index (χ0) is 13.5. The van der Waals surface area contributed by atoms with Gasteiger partial charge >= 0.3 is 0 Å². The van der Waals surface area contributed by atoms with E-state index >= 15 is 0 Å². The maximum absolute atomic E-state index is 9.12. The molecule has 2 rings (SSSR count). The molecule has 104 valence electrons. The zero-order valence-electron chi connectivity index (χ0n) is 11.2. The van der Waals surface area contributed by atoms with Gasteiger partial charge in [-0.2, -0.15) is 11.3 Å². The number of aromatic nitrogens is 1. The van der Waals surface area contributed by atoms with Crippen LogP contribution in [0.5, 0.6) is 0 Å². The smallest absolute Gasteiger partial charge is 0.124 e. The molecular weight excluding hydrogens is 276 g/mol. The zero-order valence-corrected chi connectivity index (χ0v) is 12.8. The molecule has 0 saturated carbocycles. The van der Waals surface area contributed by atoms with Crippen molar-refractivity contribution in [2.45, 2.75) is 26.3 Å². The molecule has 0 radical (unpaired) electrons. The third-order valence-electron chi connectivity index (χ3n) is 2.95. The van der Waals surface area contributed by atoms with Crippen LogP contribution in [-0.2, 0) is 6.54 Å². The lowest BCUT2D eigenvalue weighted by Gasteiger charge is -2.19. The predicted molar refractivity (Wildman–Crippen MR) is 82.7 cm³/mol. The highest BCUT2D eigenvalue weighted by molar-refractivity contribution is 7.15. The molecule has 0 fully saturated rings. The van der Waals surface area contributed by atoms with Crippen molar-refractivity contribution < 1.29 is 5.11 Å². The Hall–Kier alpha value is -0.750. The molecule has 0 saturated heterocycles. The van der Waals surface area contributed by atoms with Crippen molar-refractivity contribution in [1.82, 2.24) is 9.88 Å². The second kappa shape index (κ2) is 7.75. The van der Waals surface area contributed by atoms with Crippen LogP contribution < -0.4 is 0 Å². The SMILES string of the molecule is CCCCN(CCO)Cc1cnc(-c2ccsc2)s1. The number of thiophene rings is 1. The topological polar surface area (TPSA) is 36.4 Å². The predicted octanol–water partition coefficient (Wildman–Crippen LogP) is 3.47. The summed E-state index contributed by atoms with van der Waals surface area (Å²) in [7, 11) is 0. The second-order valence-electron chi connectivity index (χ2n) is 4.50. The molecule has 0 atom stereocenters. The Morgan fingerprint density at radius 2 is 2.26 bits per heavy atom. The lowest BCUT2D eigenvalue weighted by atomic mass is 10.3. The fourth-order valence-electron chi connectivity index (χ4n) is 1.91. The van der Waals surface area contributed by atoms with Gasteiger partial charge < -0.3 is 5.11 Å². The lowest BCUT2D eigenvalue weighted by Crippen LogP contribution is -2.27. The first-order valence-electron chi connectivity index (χ1n) is 6.64. The quantitative estimate of drug-likeness (QED) is 0.810. The van der Waals surface area contributed by atoms with Crippen LogP contribution >= 0.6 is 22.7 Å². The summed E-state index contributed by atoms with van der Waals surface area (Å²) in [6.07, 6.45) is 4.33. The van der Waals surface area contributed by atoms with E-state index in [1.807, 2.05) is 6.20 Å². The van der Waals surface area contributed by atoms with Gasteiger partial charge in [-0.05, 0) is 24.4 Å². The van der Waals surface area contributed by atoms with Gasteiger partial charge in [-0.3, -0.25) is 4.90 Å². The highest BCUT2D eigenvalue weighted by Crippen LogP contribution is 2.27. The summed E-state index contributed by atoms with van der Waals surface area (Å²) < 4.78 is 0. The molecule has 0 bridgehead atoms. The standard InChI is InChI=1S/C14H20N2OS2/c1-2-3-5-16(6-7-17)10-13-9-15-14(19-13)12-4-8-18-11-12/h4,8-9,11,17H,2-3,5-7,10H2,1H3. The number of aliphatic hydroxyl groups excluding tert-OH is 1. The van der Waals surface area contributed by atoms with E-state index in [-0.39, 0.29) is 6.61 Å². The Balaban J connectivity index is 1.97. The van der Waals surface area contributed by atoms with Gasteiger partial charge in [0.1, 0.15) is 5.01 Å². The Morgan fingerprint density at radius 3 is 2.95 bits per heavy atom. The van der Waals surface area contributed by atoms with Gasteiger partial charge in [-0.1, -0.05) is 13.3 Å². The van der Waals surface area contributed by atoms with Gasteiger partial charge in [-0.15, -0.1) is 11.3 Å². The van der Waals surface area contributed by atoms with E-state index < -0.39 is 0 Å². The van der Waals surface area contributed by atoms with E-state index in [1.54, 1.807) is 22.7 Å². The van der Waals surface area contributed by atoms with Gasteiger partial charge in [0.2, 0.25) is 0 Å². The van der Waals surface area contributed by atoms with E-state index in [9.17, 15) is 0 Å². The average molecular weight is 296 g/mol. The minimum absolute atomic E-state index is 0.222. The first-order chi connectivity index (χ1) is 9.33. The number of aliphatic hydroxyl groups is 1. The highest BCUT2D eigenvalue weighted by Gasteiger charge is 2.09. The van der Waals surface area contributed by atoms with Crippen molar-refractivity contribution in [3.8, 4) is 10.6 Å². The summed E-state index contributed by atoms with van der Waals surface area (Å²) in [5, 5.41) is 14.4. The number of unbranched alkanes of at least 4 members (excludes halogenated alkanes) is 1. The van der Waals surface area contributed by atoms with Crippen LogP contribution in [0.2, 0.25) is 0 Å². The van der Waals surface area contributed by atoms with Crippen molar-refractivity contribution >= 4 is 22.7 Å². The molecule has 0 amide bonds. The maximum atomic E-state index is 9.12. The van der Waals surface area contributed by atoms with Crippen LogP contribution in [0.3, 0.4) is 0 Å². The Labute approximate surface area is 122 Å². The van der Waals surface area contributed by atoms with Crippen molar-refractivity contribution in [2.24, 2.45) is 0 Å². The number of nitrogens with zero attached hydrogens (tertiary/aromatic N) is 2. The monoisotopic (exact) mass is 296 g/mol. The van der Waals surface area contributed by atoms with Gasteiger partial charge in [0, 0.05) is 35.1 Å². The Bertz CT molecular complexity index is 468. The molecular formula is C14H20N2OS2. The fourth-order valence-corrected chi connectivity index (χ4v) is 3.58. The number of rotatable bonds is 8. The van der Waals surface area contributed by atoms with E-state index in [0.29, 0.717) is 0 Å². The second-order valence-corrected chi connectivity index (χ2v) is 6.39. The summed E-state index contributed by atoms with van der Waals surface area (Å²) in [6.45, 7) is 5.09. The van der Waals surface area contributed by atoms with Crippen LogP contribution in [0.1, 0.15) is 24.6 Å². The van der Waals surface area contributed by atoms with Gasteiger partial charge in [0.05, 0.1) is 6.61 Å². The molecule has 2 aromatic heterocycles. The van der Waals surface area contributed by atoms with Gasteiger partial charge in [0.15, 0.2) is 0 Å². The van der Waals surface area contributed by atoms with Crippen LogP contribution in [0.15, 0.2) is 23.0 Å². The van der Waals surface area contributed by atoms with Crippen molar-refractivity contribution in [3.63, 3.8) is 0 Å². The molecule has 2 aromatic rings. The molecule has 0 spiro atoms. The molecule has 0 aliphatic carbocycles. The van der Waals surface area contributed by atoms with Gasteiger partial charge in [-0.25, -0.2) is 4.98 Å². The van der Waals surface area contributed by atoms with Crippen LogP contribution in [0, 0.1) is 0 Å². The van der Waals surface area contributed by atoms with Crippen LogP contribution in [-0.4, -0.2) is 34.7 Å². The minimum atomic E-state index is 0.222. The number of hydrogen-bond acceptors (Lipinski definition) is 5. The van der Waals surface area contributed by atoms with Gasteiger partial charge in [0.25, 0.3) is 0 Å². The van der Waals surface area contributed by atoms with Crippen LogP contribution in [0.4, 0.5) is 0 Å². The van der Waals surface area contributed by atoms with Crippen molar-refractivity contribution in [2.75, 3.05) is 19.7 Å². The third kappa shape index (κ3) is 4.38. The molecule has 5 heteroatoms. The molecule has 3 nitrogen and oxygen atoms in total. The third-order valence-corrected chi connectivity index (χ3v) is 4.66. The van der Waals surface area contributed by atoms with Crippen LogP contribution in [0.25, 0.3) is 10.6 Å². The largest absolute Gasteiger partial charge is 0.395 e. The van der Waals surface area contributed by atoms with E-state index in [1.165, 1.54) is 23.3 Å². The summed E-state index contributed by atoms with van der Waals surface area (Å²) in [5.41, 5.74) is 1.21. The molecule has 0 aromatic carbocycles. The molecule has 19 heavy (non-hydrogen) atoms. The van der Waals surface area contributed by atoms with E-state index in [4.69, 9.17) is 5.11 Å². The molecule has 0 aliphatic rings. The highest BCUT2D eigenvalue weighted by atomic mass is 32.1. The molecule has 1 N–H and O–H groups in total. The average Bonchev–Trinajstić information content (AvgIpc) is 3.06.